The van der Waals surface area contributed by atoms with Crippen molar-refractivity contribution in [3.8, 4) is 11.5 Å². The number of hydrogen-bond donors (Lipinski definition) is 2. The molecule has 168 valence electrons. The lowest BCUT2D eigenvalue weighted by Gasteiger charge is -2.08. The van der Waals surface area contributed by atoms with Crippen LogP contribution in [0.1, 0.15) is 10.4 Å². The number of carbonyl (C=O) groups excluding carboxylic acids is 2. The molecule has 4 aromatic rings. The van der Waals surface area contributed by atoms with Crippen LogP contribution in [-0.2, 0) is 4.79 Å². The van der Waals surface area contributed by atoms with Gasteiger partial charge in [-0.2, -0.15) is 0 Å². The van der Waals surface area contributed by atoms with Crippen LogP contribution in [-0.4, -0.2) is 46.4 Å². The number of aromatic nitrogens is 3. The Kier molecular flexibility index (Phi) is 6.75. The van der Waals surface area contributed by atoms with Gasteiger partial charge in [0.1, 0.15) is 11.5 Å². The van der Waals surface area contributed by atoms with E-state index in [-0.39, 0.29) is 17.6 Å². The van der Waals surface area contributed by atoms with Crippen molar-refractivity contribution in [1.29, 1.82) is 0 Å². The van der Waals surface area contributed by atoms with Gasteiger partial charge in [-0.3, -0.25) is 14.0 Å². The van der Waals surface area contributed by atoms with Crippen LogP contribution in [0.25, 0.3) is 5.65 Å². The van der Waals surface area contributed by atoms with E-state index in [0.29, 0.717) is 39.2 Å². The molecule has 2 aromatic heterocycles. The van der Waals surface area contributed by atoms with E-state index in [0.717, 1.165) is 0 Å². The number of thioether (sulfide) groups is 1. The van der Waals surface area contributed by atoms with Gasteiger partial charge in [-0.15, -0.1) is 10.2 Å². The third kappa shape index (κ3) is 5.42. The maximum absolute atomic E-state index is 12.7. The van der Waals surface area contributed by atoms with Gasteiger partial charge in [0.05, 0.1) is 25.5 Å². The summed E-state index contributed by atoms with van der Waals surface area (Å²) in [5.74, 6) is 1.09. The van der Waals surface area contributed by atoms with Crippen LogP contribution >= 0.6 is 11.8 Å². The first kappa shape index (κ1) is 22.2. The van der Waals surface area contributed by atoms with Gasteiger partial charge in [-0.1, -0.05) is 11.8 Å². The Morgan fingerprint density at radius 3 is 2.06 bits per heavy atom. The largest absolute Gasteiger partial charge is 0.497 e. The summed E-state index contributed by atoms with van der Waals surface area (Å²) in [6, 6.07) is 17.5. The molecule has 0 unspecified atom stereocenters. The normalized spacial score (nSPS) is 10.6. The van der Waals surface area contributed by atoms with Crippen molar-refractivity contribution in [2.45, 2.75) is 5.16 Å². The van der Waals surface area contributed by atoms with Crippen molar-refractivity contribution >= 4 is 40.6 Å². The number of ether oxygens (including phenoxy) is 2. The van der Waals surface area contributed by atoms with Gasteiger partial charge in [0.25, 0.3) is 5.91 Å². The van der Waals surface area contributed by atoms with Crippen molar-refractivity contribution in [3.63, 3.8) is 0 Å². The van der Waals surface area contributed by atoms with Gasteiger partial charge in [0.2, 0.25) is 5.91 Å². The first-order valence-electron chi connectivity index (χ1n) is 9.92. The quantitative estimate of drug-likeness (QED) is 0.384. The summed E-state index contributed by atoms with van der Waals surface area (Å²) < 4.78 is 11.9. The highest BCUT2D eigenvalue weighted by molar-refractivity contribution is 7.99. The second-order valence-corrected chi connectivity index (χ2v) is 7.82. The van der Waals surface area contributed by atoms with Gasteiger partial charge < -0.3 is 20.1 Å². The molecule has 33 heavy (non-hydrogen) atoms. The van der Waals surface area contributed by atoms with Crippen molar-refractivity contribution < 1.29 is 19.1 Å². The molecule has 0 aliphatic carbocycles. The van der Waals surface area contributed by atoms with Crippen LogP contribution in [0.15, 0.2) is 72.0 Å². The zero-order chi connectivity index (χ0) is 23.2. The molecular weight excluding hydrogens is 442 g/mol. The van der Waals surface area contributed by atoms with Crippen LogP contribution in [0.5, 0.6) is 11.5 Å². The van der Waals surface area contributed by atoms with Crippen molar-refractivity contribution in [1.82, 2.24) is 14.6 Å². The number of amides is 2. The third-order valence-electron chi connectivity index (χ3n) is 4.69. The minimum Gasteiger partial charge on any atom is -0.497 e. The number of methoxy groups -OCH3 is 2. The fourth-order valence-corrected chi connectivity index (χ4v) is 3.70. The molecule has 0 aliphatic rings. The predicted molar refractivity (Wildman–Crippen MR) is 126 cm³/mol. The third-order valence-corrected chi connectivity index (χ3v) is 5.63. The molecule has 2 heterocycles. The van der Waals surface area contributed by atoms with Gasteiger partial charge in [-0.05, 0) is 60.7 Å². The van der Waals surface area contributed by atoms with Gasteiger partial charge in [-0.25, -0.2) is 0 Å². The highest BCUT2D eigenvalue weighted by Gasteiger charge is 2.13. The van der Waals surface area contributed by atoms with Gasteiger partial charge in [0, 0.05) is 17.6 Å². The molecule has 0 saturated heterocycles. The van der Waals surface area contributed by atoms with E-state index in [1.54, 1.807) is 85.5 Å². The van der Waals surface area contributed by atoms with E-state index in [4.69, 9.17) is 9.47 Å². The Bertz CT molecular complexity index is 1270. The number of rotatable bonds is 8. The Balaban J connectivity index is 1.41. The van der Waals surface area contributed by atoms with E-state index in [1.807, 2.05) is 0 Å². The first-order chi connectivity index (χ1) is 16.1. The second-order valence-electron chi connectivity index (χ2n) is 6.88. The molecule has 0 fully saturated rings. The van der Waals surface area contributed by atoms with E-state index in [2.05, 4.69) is 20.8 Å². The summed E-state index contributed by atoms with van der Waals surface area (Å²) in [6.45, 7) is 0. The molecule has 2 N–H and O–H groups in total. The lowest BCUT2D eigenvalue weighted by molar-refractivity contribution is -0.113. The Hall–Kier alpha value is -4.05. The zero-order valence-electron chi connectivity index (χ0n) is 17.9. The van der Waals surface area contributed by atoms with Crippen LogP contribution in [0.3, 0.4) is 0 Å². The number of benzene rings is 2. The Morgan fingerprint density at radius 1 is 0.848 bits per heavy atom. The van der Waals surface area contributed by atoms with Gasteiger partial charge >= 0.3 is 0 Å². The maximum Gasteiger partial charge on any atom is 0.257 e. The highest BCUT2D eigenvalue weighted by Crippen LogP contribution is 2.20. The van der Waals surface area contributed by atoms with Crippen molar-refractivity contribution in [3.05, 3.63) is 72.4 Å². The topological polar surface area (TPSA) is 107 Å². The number of fused-ring (bicyclic) bond motifs is 1. The molecule has 0 aliphatic heterocycles. The molecule has 2 amide bonds. The van der Waals surface area contributed by atoms with Crippen LogP contribution in [0, 0.1) is 0 Å². The summed E-state index contributed by atoms with van der Waals surface area (Å²) in [5.41, 5.74) is 2.33. The zero-order valence-corrected chi connectivity index (χ0v) is 18.8. The summed E-state index contributed by atoms with van der Waals surface area (Å²) in [5, 5.41) is 14.4. The average molecular weight is 464 g/mol. The summed E-state index contributed by atoms with van der Waals surface area (Å²) in [4.78, 5) is 25.0. The van der Waals surface area contributed by atoms with E-state index >= 15 is 0 Å². The molecular formula is C23H21N5O4S. The Morgan fingerprint density at radius 2 is 1.45 bits per heavy atom. The molecule has 10 heteroatoms. The number of nitrogens with one attached hydrogen (secondary N) is 2. The molecule has 2 aromatic carbocycles. The summed E-state index contributed by atoms with van der Waals surface area (Å²) in [6.07, 6.45) is 1.65. The molecule has 0 radical (unpaired) electrons. The minimum atomic E-state index is -0.274. The van der Waals surface area contributed by atoms with Crippen LogP contribution < -0.4 is 20.1 Å². The summed E-state index contributed by atoms with van der Waals surface area (Å²) in [7, 11) is 3.17. The maximum atomic E-state index is 12.7. The standard InChI is InChI=1S/C23H21N5O4S/c1-31-18-8-4-16(5-9-18)24-21(29)14-33-23-27-26-20-12-3-15(13-28(20)23)22(30)25-17-6-10-19(32-2)11-7-17/h3-13H,14H2,1-2H3,(H,24,29)(H,25,30). The molecule has 0 bridgehead atoms. The predicted octanol–water partition coefficient (Wildman–Crippen LogP) is 3.73. The molecule has 0 spiro atoms. The second kappa shape index (κ2) is 10.0. The Labute approximate surface area is 194 Å². The molecule has 9 nitrogen and oxygen atoms in total. The number of nitrogens with zero attached hydrogens (tertiary/aromatic N) is 3. The van der Waals surface area contributed by atoms with Crippen molar-refractivity contribution in [2.24, 2.45) is 0 Å². The number of carbonyl (C=O) groups is 2. The molecule has 0 saturated carbocycles. The fourth-order valence-electron chi connectivity index (χ4n) is 2.98. The average Bonchev–Trinajstić information content (AvgIpc) is 3.26. The number of pyridine rings is 1. The smallest absolute Gasteiger partial charge is 0.257 e. The van der Waals surface area contributed by atoms with E-state index in [9.17, 15) is 9.59 Å². The first-order valence-corrected chi connectivity index (χ1v) is 10.9. The highest BCUT2D eigenvalue weighted by atomic mass is 32.2. The SMILES string of the molecule is COc1ccc(NC(=O)CSc2nnc3ccc(C(=O)Nc4ccc(OC)cc4)cn23)cc1. The number of hydrogen-bond acceptors (Lipinski definition) is 7. The lowest BCUT2D eigenvalue weighted by atomic mass is 10.2. The molecule has 0 atom stereocenters. The molecule has 4 rings (SSSR count). The van der Waals surface area contributed by atoms with Crippen molar-refractivity contribution in [2.75, 3.05) is 30.6 Å². The lowest BCUT2D eigenvalue weighted by Crippen LogP contribution is -2.14. The summed E-state index contributed by atoms with van der Waals surface area (Å²) >= 11 is 1.23. The van der Waals surface area contributed by atoms with Crippen LogP contribution in [0.4, 0.5) is 11.4 Å². The monoisotopic (exact) mass is 463 g/mol. The van der Waals surface area contributed by atoms with Crippen LogP contribution in [0.2, 0.25) is 0 Å². The van der Waals surface area contributed by atoms with E-state index < -0.39 is 0 Å². The minimum absolute atomic E-state index is 0.134. The number of anilines is 2. The van der Waals surface area contributed by atoms with Gasteiger partial charge in [0.15, 0.2) is 10.8 Å². The fraction of sp³-hybridized carbons (Fsp3) is 0.130. The van der Waals surface area contributed by atoms with E-state index in [1.165, 1.54) is 11.8 Å².